The van der Waals surface area contributed by atoms with Crippen molar-refractivity contribution >= 4 is 23.4 Å². The number of hydrogen-bond acceptors (Lipinski definition) is 5. The van der Waals surface area contributed by atoms with Gasteiger partial charge in [-0.15, -0.1) is 0 Å². The number of ether oxygens (including phenoxy) is 1. The lowest BCUT2D eigenvalue weighted by Crippen LogP contribution is -2.37. The number of nitro benzene ring substituents is 1. The summed E-state index contributed by atoms with van der Waals surface area (Å²) in [6.07, 6.45) is 0.368. The Kier molecular flexibility index (Phi) is 4.39. The number of urea groups is 1. The van der Waals surface area contributed by atoms with Crippen molar-refractivity contribution < 1.29 is 24.4 Å². The van der Waals surface area contributed by atoms with E-state index in [1.54, 1.807) is 6.92 Å². The highest BCUT2D eigenvalue weighted by atomic mass is 16.6. The molecule has 0 radical (unpaired) electrons. The number of rotatable bonds is 4. The average Bonchev–Trinajstić information content (AvgIpc) is 2.91. The largest absolute Gasteiger partial charge is 0.494 e. The Bertz CT molecular complexity index is 662. The first-order valence-electron chi connectivity index (χ1n) is 6.88. The van der Waals surface area contributed by atoms with Crippen LogP contribution in [0.15, 0.2) is 18.2 Å². The van der Waals surface area contributed by atoms with Gasteiger partial charge in [0.15, 0.2) is 0 Å². The number of carbonyl (C=O) groups is 2. The maximum atomic E-state index is 12.2. The molecular weight excluding hydrogens is 306 g/mol. The van der Waals surface area contributed by atoms with Gasteiger partial charge >= 0.3 is 12.0 Å². The highest BCUT2D eigenvalue weighted by Gasteiger charge is 2.42. The molecule has 2 amide bonds. The highest BCUT2D eigenvalue weighted by Crippen LogP contribution is 2.32. The molecule has 1 fully saturated rings. The van der Waals surface area contributed by atoms with Crippen LogP contribution in [0.3, 0.4) is 0 Å². The predicted octanol–water partition coefficient (Wildman–Crippen LogP) is 1.93. The van der Waals surface area contributed by atoms with Crippen molar-refractivity contribution in [1.82, 2.24) is 4.90 Å². The molecule has 9 heteroatoms. The van der Waals surface area contributed by atoms with E-state index in [2.05, 4.69) is 5.32 Å². The number of non-ortho nitro benzene ring substituents is 1. The van der Waals surface area contributed by atoms with Crippen LogP contribution in [-0.4, -0.2) is 47.1 Å². The molecule has 0 saturated carbocycles. The third kappa shape index (κ3) is 3.33. The second-order valence-electron chi connectivity index (χ2n) is 5.61. The van der Waals surface area contributed by atoms with E-state index >= 15 is 0 Å². The fraction of sp³-hybridized carbons (Fsp3) is 0.429. The van der Waals surface area contributed by atoms with E-state index in [0.29, 0.717) is 13.0 Å². The van der Waals surface area contributed by atoms with Gasteiger partial charge in [0.25, 0.3) is 5.69 Å². The zero-order chi connectivity index (χ0) is 17.2. The van der Waals surface area contributed by atoms with Crippen LogP contribution in [0.5, 0.6) is 5.75 Å². The maximum absolute atomic E-state index is 12.2. The predicted molar refractivity (Wildman–Crippen MR) is 80.6 cm³/mol. The van der Waals surface area contributed by atoms with Crippen LogP contribution < -0.4 is 10.1 Å². The number of nitro groups is 1. The lowest BCUT2D eigenvalue weighted by atomic mass is 9.90. The molecule has 0 aliphatic carbocycles. The summed E-state index contributed by atoms with van der Waals surface area (Å²) in [6.45, 7) is 2.02. The minimum Gasteiger partial charge on any atom is -0.494 e. The summed E-state index contributed by atoms with van der Waals surface area (Å²) in [5.41, 5.74) is -0.830. The van der Waals surface area contributed by atoms with Crippen molar-refractivity contribution in [1.29, 1.82) is 0 Å². The normalized spacial score (nSPS) is 20.2. The molecule has 1 atom stereocenters. The van der Waals surface area contributed by atoms with E-state index in [4.69, 9.17) is 4.74 Å². The number of likely N-dealkylation sites (tertiary alicyclic amines) is 1. The second kappa shape index (κ2) is 6.11. The van der Waals surface area contributed by atoms with Crippen molar-refractivity contribution in [2.24, 2.45) is 5.41 Å². The number of nitrogens with zero attached hydrogens (tertiary/aromatic N) is 2. The quantitative estimate of drug-likeness (QED) is 0.645. The van der Waals surface area contributed by atoms with Gasteiger partial charge in [0.1, 0.15) is 5.75 Å². The SMILES string of the molecule is COc1cc([N+](=O)[O-])ccc1NC(=O)N1CCC(C)(C(=O)O)C1. The number of carbonyl (C=O) groups excluding carboxylic acids is 1. The first-order valence-corrected chi connectivity index (χ1v) is 6.88. The Morgan fingerprint density at radius 1 is 1.48 bits per heavy atom. The number of benzene rings is 1. The number of aliphatic carboxylic acids is 1. The molecule has 0 spiro atoms. The molecule has 1 saturated heterocycles. The molecule has 2 N–H and O–H groups in total. The first-order chi connectivity index (χ1) is 10.8. The smallest absolute Gasteiger partial charge is 0.321 e. The maximum Gasteiger partial charge on any atom is 0.321 e. The topological polar surface area (TPSA) is 122 Å². The van der Waals surface area contributed by atoms with Gasteiger partial charge in [0, 0.05) is 19.2 Å². The van der Waals surface area contributed by atoms with Gasteiger partial charge in [0.05, 0.1) is 29.2 Å². The number of amides is 2. The van der Waals surface area contributed by atoms with Gasteiger partial charge in [-0.05, 0) is 19.4 Å². The van der Waals surface area contributed by atoms with E-state index in [1.165, 1.54) is 30.2 Å². The summed E-state index contributed by atoms with van der Waals surface area (Å²) < 4.78 is 5.05. The Morgan fingerprint density at radius 2 is 2.17 bits per heavy atom. The van der Waals surface area contributed by atoms with Crippen LogP contribution in [0.4, 0.5) is 16.2 Å². The van der Waals surface area contributed by atoms with E-state index in [1.807, 2.05) is 0 Å². The van der Waals surface area contributed by atoms with Crippen LogP contribution in [0.25, 0.3) is 0 Å². The van der Waals surface area contributed by atoms with Gasteiger partial charge in [-0.2, -0.15) is 0 Å². The summed E-state index contributed by atoms with van der Waals surface area (Å²) in [7, 11) is 1.34. The van der Waals surface area contributed by atoms with Crippen LogP contribution in [-0.2, 0) is 4.79 Å². The molecule has 0 aromatic heterocycles. The Balaban J connectivity index is 2.12. The zero-order valence-electron chi connectivity index (χ0n) is 12.7. The van der Waals surface area contributed by atoms with Crippen molar-refractivity contribution in [3.05, 3.63) is 28.3 Å². The van der Waals surface area contributed by atoms with Crippen LogP contribution in [0.2, 0.25) is 0 Å². The first kappa shape index (κ1) is 16.5. The third-order valence-electron chi connectivity index (χ3n) is 3.91. The van der Waals surface area contributed by atoms with Crippen LogP contribution in [0, 0.1) is 15.5 Å². The lowest BCUT2D eigenvalue weighted by Gasteiger charge is -2.21. The molecule has 124 valence electrons. The number of carboxylic acids is 1. The molecule has 1 aromatic rings. The molecule has 1 aromatic carbocycles. The van der Waals surface area contributed by atoms with E-state index < -0.39 is 22.3 Å². The van der Waals surface area contributed by atoms with Crippen molar-refractivity contribution in [2.45, 2.75) is 13.3 Å². The number of nitrogens with one attached hydrogen (secondary N) is 1. The highest BCUT2D eigenvalue weighted by molar-refractivity contribution is 5.92. The minimum absolute atomic E-state index is 0.101. The van der Waals surface area contributed by atoms with Crippen molar-refractivity contribution in [2.75, 3.05) is 25.5 Å². The molecule has 1 unspecified atom stereocenters. The summed E-state index contributed by atoms with van der Waals surface area (Å²) in [5.74, 6) is -0.784. The second-order valence-corrected chi connectivity index (χ2v) is 5.61. The van der Waals surface area contributed by atoms with Crippen LogP contribution in [0.1, 0.15) is 13.3 Å². The number of hydrogen-bond donors (Lipinski definition) is 2. The number of anilines is 1. The zero-order valence-corrected chi connectivity index (χ0v) is 12.7. The standard InChI is InChI=1S/C14H17N3O6/c1-14(12(18)19)5-6-16(8-14)13(20)15-10-4-3-9(17(21)22)7-11(10)23-2/h3-4,7H,5-6,8H2,1-2H3,(H,15,20)(H,18,19). The van der Waals surface area contributed by atoms with Gasteiger partial charge in [-0.25, -0.2) is 4.79 Å². The fourth-order valence-electron chi connectivity index (χ4n) is 2.40. The summed E-state index contributed by atoms with van der Waals surface area (Å²) >= 11 is 0. The molecule has 23 heavy (non-hydrogen) atoms. The minimum atomic E-state index is -0.961. The number of carboxylic acid groups (broad SMARTS) is 1. The van der Waals surface area contributed by atoms with Gasteiger partial charge in [0.2, 0.25) is 0 Å². The molecule has 2 rings (SSSR count). The summed E-state index contributed by atoms with van der Waals surface area (Å²) in [6, 6.07) is 3.37. The monoisotopic (exact) mass is 323 g/mol. The Morgan fingerprint density at radius 3 is 2.70 bits per heavy atom. The molecule has 1 heterocycles. The van der Waals surface area contributed by atoms with Crippen molar-refractivity contribution in [3.63, 3.8) is 0 Å². The van der Waals surface area contributed by atoms with Gasteiger partial charge in [-0.1, -0.05) is 0 Å². The van der Waals surface area contributed by atoms with E-state index in [-0.39, 0.29) is 23.7 Å². The average molecular weight is 323 g/mol. The summed E-state index contributed by atoms with van der Waals surface area (Å²) in [5, 5.41) is 22.5. The molecule has 0 bridgehead atoms. The molecule has 1 aliphatic heterocycles. The Labute approximate surface area is 132 Å². The number of methoxy groups -OCH3 is 1. The van der Waals surface area contributed by atoms with E-state index in [9.17, 15) is 24.8 Å². The van der Waals surface area contributed by atoms with Crippen molar-refractivity contribution in [3.8, 4) is 5.75 Å². The summed E-state index contributed by atoms with van der Waals surface area (Å²) in [4.78, 5) is 35.0. The molecular formula is C14H17N3O6. The molecule has 1 aliphatic rings. The third-order valence-corrected chi connectivity index (χ3v) is 3.91. The Hall–Kier alpha value is -2.84. The van der Waals surface area contributed by atoms with Gasteiger partial charge in [-0.3, -0.25) is 14.9 Å². The fourth-order valence-corrected chi connectivity index (χ4v) is 2.40. The van der Waals surface area contributed by atoms with Gasteiger partial charge < -0.3 is 20.1 Å². The molecule has 9 nitrogen and oxygen atoms in total. The van der Waals surface area contributed by atoms with Crippen LogP contribution >= 0.6 is 0 Å². The van der Waals surface area contributed by atoms with E-state index in [0.717, 1.165) is 0 Å². The lowest BCUT2D eigenvalue weighted by molar-refractivity contribution is -0.384.